The highest BCUT2D eigenvalue weighted by molar-refractivity contribution is 5.99. The lowest BCUT2D eigenvalue weighted by atomic mass is 10.2. The second-order valence-electron chi connectivity index (χ2n) is 4.49. The molecule has 0 aromatic heterocycles. The number of nitrogen functional groups attached to an aromatic ring is 1. The minimum absolute atomic E-state index is 0.206. The molecule has 0 bridgehead atoms. The Labute approximate surface area is 124 Å². The van der Waals surface area contributed by atoms with Crippen LogP contribution in [0.3, 0.4) is 0 Å². The van der Waals surface area contributed by atoms with Crippen molar-refractivity contribution in [3.63, 3.8) is 0 Å². The SMILES string of the molecule is COCCNC(=O)N(c1ccccc1)c1ccc(N)cc1. The molecule has 0 heterocycles. The fourth-order valence-electron chi connectivity index (χ4n) is 1.92. The van der Waals surface area contributed by atoms with E-state index in [0.717, 1.165) is 11.4 Å². The summed E-state index contributed by atoms with van der Waals surface area (Å²) in [5.41, 5.74) is 7.91. The molecular weight excluding hydrogens is 266 g/mol. The van der Waals surface area contributed by atoms with Gasteiger partial charge in [-0.1, -0.05) is 18.2 Å². The zero-order chi connectivity index (χ0) is 15.1. The third-order valence-corrected chi connectivity index (χ3v) is 2.95. The van der Waals surface area contributed by atoms with Crippen molar-refractivity contribution in [2.75, 3.05) is 30.9 Å². The number of nitrogens with one attached hydrogen (secondary N) is 1. The zero-order valence-corrected chi connectivity index (χ0v) is 12.0. The number of nitrogens with zero attached hydrogens (tertiary/aromatic N) is 1. The van der Waals surface area contributed by atoms with E-state index < -0.39 is 0 Å². The number of anilines is 3. The molecular formula is C16H19N3O2. The van der Waals surface area contributed by atoms with E-state index in [4.69, 9.17) is 10.5 Å². The summed E-state index contributed by atoms with van der Waals surface area (Å²) in [4.78, 5) is 14.0. The summed E-state index contributed by atoms with van der Waals surface area (Å²) in [5, 5.41) is 2.83. The van der Waals surface area contributed by atoms with Crippen molar-refractivity contribution in [3.05, 3.63) is 54.6 Å². The van der Waals surface area contributed by atoms with Crippen LogP contribution in [0.4, 0.5) is 21.9 Å². The second kappa shape index (κ2) is 7.31. The fraction of sp³-hybridized carbons (Fsp3) is 0.188. The molecule has 0 aliphatic carbocycles. The maximum Gasteiger partial charge on any atom is 0.326 e. The van der Waals surface area contributed by atoms with Crippen molar-refractivity contribution in [3.8, 4) is 0 Å². The molecule has 0 radical (unpaired) electrons. The van der Waals surface area contributed by atoms with Gasteiger partial charge in [-0.15, -0.1) is 0 Å². The summed E-state index contributed by atoms with van der Waals surface area (Å²) in [7, 11) is 1.60. The van der Waals surface area contributed by atoms with Crippen LogP contribution in [0.15, 0.2) is 54.6 Å². The first-order valence-corrected chi connectivity index (χ1v) is 6.70. The average Bonchev–Trinajstić information content (AvgIpc) is 2.51. The molecule has 2 aromatic rings. The number of para-hydroxylation sites is 1. The van der Waals surface area contributed by atoms with Gasteiger partial charge in [0.2, 0.25) is 0 Å². The monoisotopic (exact) mass is 285 g/mol. The van der Waals surface area contributed by atoms with Gasteiger partial charge in [0, 0.05) is 19.3 Å². The van der Waals surface area contributed by atoms with Gasteiger partial charge in [0.25, 0.3) is 0 Å². The molecule has 0 saturated carbocycles. The maximum absolute atomic E-state index is 12.4. The van der Waals surface area contributed by atoms with E-state index in [2.05, 4.69) is 5.32 Å². The van der Waals surface area contributed by atoms with Gasteiger partial charge in [-0.05, 0) is 36.4 Å². The normalized spacial score (nSPS) is 10.1. The molecule has 0 aliphatic heterocycles. The Balaban J connectivity index is 2.26. The Kier molecular flexibility index (Phi) is 5.17. The van der Waals surface area contributed by atoms with Crippen molar-refractivity contribution >= 4 is 23.1 Å². The number of rotatable bonds is 5. The van der Waals surface area contributed by atoms with E-state index in [-0.39, 0.29) is 6.03 Å². The van der Waals surface area contributed by atoms with E-state index in [1.807, 2.05) is 42.5 Å². The summed E-state index contributed by atoms with van der Waals surface area (Å²) < 4.78 is 4.95. The highest BCUT2D eigenvalue weighted by atomic mass is 16.5. The Morgan fingerprint density at radius 2 is 1.71 bits per heavy atom. The largest absolute Gasteiger partial charge is 0.399 e. The van der Waals surface area contributed by atoms with Gasteiger partial charge in [-0.25, -0.2) is 4.79 Å². The van der Waals surface area contributed by atoms with Crippen LogP contribution in [0.2, 0.25) is 0 Å². The smallest absolute Gasteiger partial charge is 0.326 e. The van der Waals surface area contributed by atoms with Crippen LogP contribution in [0.1, 0.15) is 0 Å². The molecule has 2 amide bonds. The lowest BCUT2D eigenvalue weighted by molar-refractivity contribution is 0.197. The van der Waals surface area contributed by atoms with Gasteiger partial charge >= 0.3 is 6.03 Å². The topological polar surface area (TPSA) is 67.6 Å². The third-order valence-electron chi connectivity index (χ3n) is 2.95. The lowest BCUT2D eigenvalue weighted by Gasteiger charge is -2.23. The van der Waals surface area contributed by atoms with E-state index in [0.29, 0.717) is 18.8 Å². The second-order valence-corrected chi connectivity index (χ2v) is 4.49. The summed E-state index contributed by atoms with van der Waals surface area (Å²) in [6, 6.07) is 16.4. The Bertz CT molecular complexity index is 570. The van der Waals surface area contributed by atoms with Crippen LogP contribution in [-0.4, -0.2) is 26.3 Å². The summed E-state index contributed by atoms with van der Waals surface area (Å²) in [5.74, 6) is 0. The first kappa shape index (κ1) is 14.9. The molecule has 110 valence electrons. The van der Waals surface area contributed by atoms with Crippen molar-refractivity contribution in [1.29, 1.82) is 0 Å². The average molecular weight is 285 g/mol. The highest BCUT2D eigenvalue weighted by Gasteiger charge is 2.17. The maximum atomic E-state index is 12.4. The Morgan fingerprint density at radius 3 is 2.33 bits per heavy atom. The van der Waals surface area contributed by atoms with E-state index in [9.17, 15) is 4.79 Å². The molecule has 0 aliphatic rings. The van der Waals surface area contributed by atoms with Crippen molar-refractivity contribution in [2.45, 2.75) is 0 Å². The molecule has 3 N–H and O–H groups in total. The van der Waals surface area contributed by atoms with Crippen LogP contribution in [-0.2, 0) is 4.74 Å². The lowest BCUT2D eigenvalue weighted by Crippen LogP contribution is -2.38. The standard InChI is InChI=1S/C16H19N3O2/c1-21-12-11-18-16(20)19(14-5-3-2-4-6-14)15-9-7-13(17)8-10-15/h2-10H,11-12,17H2,1H3,(H,18,20). The van der Waals surface area contributed by atoms with Crippen LogP contribution in [0, 0.1) is 0 Å². The van der Waals surface area contributed by atoms with E-state index in [1.54, 1.807) is 24.1 Å². The number of hydrogen-bond donors (Lipinski definition) is 2. The number of nitrogens with two attached hydrogens (primary N) is 1. The van der Waals surface area contributed by atoms with Crippen LogP contribution >= 0.6 is 0 Å². The molecule has 0 unspecified atom stereocenters. The number of hydrogen-bond acceptors (Lipinski definition) is 3. The third kappa shape index (κ3) is 3.97. The highest BCUT2D eigenvalue weighted by Crippen LogP contribution is 2.25. The molecule has 0 fully saturated rings. The predicted molar refractivity (Wildman–Crippen MR) is 84.7 cm³/mol. The molecule has 2 aromatic carbocycles. The van der Waals surface area contributed by atoms with Gasteiger partial charge in [0.15, 0.2) is 0 Å². The van der Waals surface area contributed by atoms with Crippen LogP contribution in [0.5, 0.6) is 0 Å². The quantitative estimate of drug-likeness (QED) is 0.655. The van der Waals surface area contributed by atoms with Crippen molar-refractivity contribution in [2.24, 2.45) is 0 Å². The number of urea groups is 1. The summed E-state index contributed by atoms with van der Waals surface area (Å²) in [6.07, 6.45) is 0. The molecule has 0 atom stereocenters. The van der Waals surface area contributed by atoms with Gasteiger partial charge in [-0.2, -0.15) is 0 Å². The molecule has 2 rings (SSSR count). The number of methoxy groups -OCH3 is 1. The van der Waals surface area contributed by atoms with Gasteiger partial charge in [0.05, 0.1) is 18.0 Å². The van der Waals surface area contributed by atoms with Gasteiger partial charge in [0.1, 0.15) is 0 Å². The summed E-state index contributed by atoms with van der Waals surface area (Å²) >= 11 is 0. The first-order valence-electron chi connectivity index (χ1n) is 6.70. The molecule has 5 nitrogen and oxygen atoms in total. The Hall–Kier alpha value is -2.53. The zero-order valence-electron chi connectivity index (χ0n) is 12.0. The fourth-order valence-corrected chi connectivity index (χ4v) is 1.92. The molecule has 21 heavy (non-hydrogen) atoms. The van der Waals surface area contributed by atoms with E-state index >= 15 is 0 Å². The van der Waals surface area contributed by atoms with Gasteiger partial charge < -0.3 is 15.8 Å². The predicted octanol–water partition coefficient (Wildman–Crippen LogP) is 2.76. The van der Waals surface area contributed by atoms with Crippen molar-refractivity contribution in [1.82, 2.24) is 5.32 Å². The number of carbonyl (C=O) groups excluding carboxylic acids is 1. The van der Waals surface area contributed by atoms with Gasteiger partial charge in [-0.3, -0.25) is 4.90 Å². The molecule has 0 spiro atoms. The Morgan fingerprint density at radius 1 is 1.10 bits per heavy atom. The minimum Gasteiger partial charge on any atom is -0.399 e. The van der Waals surface area contributed by atoms with Crippen molar-refractivity contribution < 1.29 is 9.53 Å². The molecule has 0 saturated heterocycles. The summed E-state index contributed by atoms with van der Waals surface area (Å²) in [6.45, 7) is 0.920. The number of benzene rings is 2. The van der Waals surface area contributed by atoms with Crippen LogP contribution < -0.4 is 16.0 Å². The first-order chi connectivity index (χ1) is 10.2. The minimum atomic E-state index is -0.206. The molecule has 5 heteroatoms. The number of amides is 2. The van der Waals surface area contributed by atoms with E-state index in [1.165, 1.54) is 0 Å². The number of ether oxygens (including phenoxy) is 1. The van der Waals surface area contributed by atoms with Crippen LogP contribution in [0.25, 0.3) is 0 Å². The number of carbonyl (C=O) groups is 1.